The van der Waals surface area contributed by atoms with Gasteiger partial charge in [0.1, 0.15) is 12.6 Å². The lowest BCUT2D eigenvalue weighted by molar-refractivity contribution is -0.870. The molecule has 0 amide bonds. The molecule has 0 radical (unpaired) electrons. The van der Waals surface area contributed by atoms with Gasteiger partial charge in [0.2, 0.25) is 0 Å². The van der Waals surface area contributed by atoms with E-state index in [0.29, 0.717) is 12.2 Å². The molecule has 0 N–H and O–H groups in total. The largest absolute Gasteiger partial charge is 0.365 e. The molecule has 0 bridgehead atoms. The van der Waals surface area contributed by atoms with Crippen LogP contribution in [-0.2, 0) is 4.74 Å². The van der Waals surface area contributed by atoms with Crippen molar-refractivity contribution in [2.45, 2.75) is 6.10 Å². The van der Waals surface area contributed by atoms with Gasteiger partial charge in [0, 0.05) is 6.07 Å². The van der Waals surface area contributed by atoms with E-state index < -0.39 is 11.0 Å². The lowest BCUT2D eigenvalue weighted by Crippen LogP contribution is -2.38. The lowest BCUT2D eigenvalue weighted by Gasteiger charge is -2.25. The van der Waals surface area contributed by atoms with Gasteiger partial charge >= 0.3 is 0 Å². The Labute approximate surface area is 129 Å². The summed E-state index contributed by atoms with van der Waals surface area (Å²) in [6.45, 7) is 1.50. The van der Waals surface area contributed by atoms with Gasteiger partial charge in [-0.05, 0) is 18.3 Å². The number of nitro groups is 1. The summed E-state index contributed by atoms with van der Waals surface area (Å²) in [7, 11) is 6.16. The number of isothiocyanates is 1. The predicted molar refractivity (Wildman–Crippen MR) is 84.6 cm³/mol. The molecule has 6 nitrogen and oxygen atoms in total. The third-order valence-corrected chi connectivity index (χ3v) is 3.01. The fourth-order valence-electron chi connectivity index (χ4n) is 1.76. The summed E-state index contributed by atoms with van der Waals surface area (Å²) in [5.41, 5.74) is 0.547. The smallest absolute Gasteiger partial charge is 0.275 e. The molecule has 0 fully saturated rings. The van der Waals surface area contributed by atoms with Gasteiger partial charge < -0.3 is 9.22 Å². The van der Waals surface area contributed by atoms with Crippen LogP contribution in [0.1, 0.15) is 11.7 Å². The Morgan fingerprint density at radius 3 is 2.67 bits per heavy atom. The summed E-state index contributed by atoms with van der Waals surface area (Å²) in [6.07, 6.45) is -0.492. The van der Waals surface area contributed by atoms with Crippen molar-refractivity contribution in [1.29, 1.82) is 0 Å². The maximum absolute atomic E-state index is 11.1. The molecule has 0 aromatic heterocycles. The number of thiocarbonyl (C=S) groups is 1. The molecule has 7 heteroatoms. The summed E-state index contributed by atoms with van der Waals surface area (Å²) < 4.78 is 6.55. The van der Waals surface area contributed by atoms with E-state index in [9.17, 15) is 10.1 Å². The predicted octanol–water partition coefficient (Wildman–Crippen LogP) is 2.46. The number of hydrogen-bond acceptors (Lipinski definition) is 5. The van der Waals surface area contributed by atoms with Gasteiger partial charge in [0.05, 0.1) is 49.9 Å². The van der Waals surface area contributed by atoms with Gasteiger partial charge in [-0.3, -0.25) is 10.1 Å². The van der Waals surface area contributed by atoms with Crippen molar-refractivity contribution in [3.05, 3.63) is 39.9 Å². The van der Waals surface area contributed by atoms with E-state index in [0.717, 1.165) is 11.0 Å². The minimum atomic E-state index is -0.492. The molecule has 0 saturated heterocycles. The van der Waals surface area contributed by atoms with Gasteiger partial charge in [-0.15, -0.1) is 0 Å². The minimum Gasteiger partial charge on any atom is -0.365 e. The Morgan fingerprint density at radius 1 is 1.43 bits per heavy atom. The third-order valence-electron chi connectivity index (χ3n) is 2.88. The summed E-state index contributed by atoms with van der Waals surface area (Å²) in [5, 5.41) is 13.4. The second kappa shape index (κ2) is 7.95. The van der Waals surface area contributed by atoms with Crippen molar-refractivity contribution < 1.29 is 14.1 Å². The van der Waals surface area contributed by atoms with Crippen molar-refractivity contribution in [3.63, 3.8) is 0 Å². The van der Waals surface area contributed by atoms with Crippen LogP contribution < -0.4 is 0 Å². The van der Waals surface area contributed by atoms with Crippen LogP contribution in [0.5, 0.6) is 0 Å². The first-order valence-electron chi connectivity index (χ1n) is 6.54. The third kappa shape index (κ3) is 6.10. The molecule has 1 aromatic carbocycles. The quantitative estimate of drug-likeness (QED) is 0.243. The van der Waals surface area contributed by atoms with Gasteiger partial charge in [-0.2, -0.15) is 0 Å². The van der Waals surface area contributed by atoms with Crippen molar-refractivity contribution in [2.24, 2.45) is 4.99 Å². The fourth-order valence-corrected chi connectivity index (χ4v) is 1.83. The Kier molecular flexibility index (Phi) is 6.58. The van der Waals surface area contributed by atoms with Crippen LogP contribution >= 0.6 is 12.2 Å². The van der Waals surface area contributed by atoms with Crippen molar-refractivity contribution in [2.75, 3.05) is 40.8 Å². The SMILES string of the molecule is C[N+](C)(C)CCOC(CN=C=S)c1ccccc1[N+](=O)[O-]. The molecular weight excluding hydrogens is 290 g/mol. The first-order chi connectivity index (χ1) is 9.85. The highest BCUT2D eigenvalue weighted by atomic mass is 32.1. The molecule has 1 atom stereocenters. The van der Waals surface area contributed by atoms with Crippen LogP contribution in [0.3, 0.4) is 0 Å². The second-order valence-corrected chi connectivity index (χ2v) is 5.80. The molecule has 0 heterocycles. The number of para-hydroxylation sites is 1. The number of nitro benzene ring substituents is 1. The molecular formula is C14H20N3O3S+. The van der Waals surface area contributed by atoms with Crippen molar-refractivity contribution in [3.8, 4) is 0 Å². The Morgan fingerprint density at radius 2 is 2.10 bits per heavy atom. The van der Waals surface area contributed by atoms with E-state index in [1.54, 1.807) is 18.2 Å². The molecule has 1 unspecified atom stereocenters. The molecule has 0 aliphatic carbocycles. The number of quaternary nitrogens is 1. The zero-order chi connectivity index (χ0) is 15.9. The number of rotatable bonds is 8. The van der Waals surface area contributed by atoms with Crippen LogP contribution in [0.15, 0.2) is 29.3 Å². The molecule has 1 aromatic rings. The number of likely N-dealkylation sites (N-methyl/N-ethyl adjacent to an activating group) is 1. The van der Waals surface area contributed by atoms with E-state index in [4.69, 9.17) is 4.74 Å². The average molecular weight is 310 g/mol. The van der Waals surface area contributed by atoms with Crippen LogP contribution in [0, 0.1) is 10.1 Å². The van der Waals surface area contributed by atoms with Gasteiger partial charge in [-0.1, -0.05) is 12.1 Å². The van der Waals surface area contributed by atoms with Crippen LogP contribution in [0.4, 0.5) is 5.69 Å². The number of hydrogen-bond donors (Lipinski definition) is 0. The summed E-state index contributed by atoms with van der Waals surface area (Å²) in [6, 6.07) is 6.53. The van der Waals surface area contributed by atoms with Crippen LogP contribution in [-0.4, -0.2) is 55.4 Å². The zero-order valence-electron chi connectivity index (χ0n) is 12.5. The van der Waals surface area contributed by atoms with E-state index in [1.165, 1.54) is 6.07 Å². The Hall–Kier alpha value is -1.66. The standard InChI is InChI=1S/C14H20N3O3S/c1-17(2,3)8-9-20-14(10-15-11-21)12-6-4-5-7-13(12)16(18)19/h4-7,14H,8-10H2,1-3H3/q+1. The zero-order valence-corrected chi connectivity index (χ0v) is 13.3. The highest BCUT2D eigenvalue weighted by Gasteiger charge is 2.22. The maximum atomic E-state index is 11.1. The lowest BCUT2D eigenvalue weighted by atomic mass is 10.1. The number of nitrogens with zero attached hydrogens (tertiary/aromatic N) is 3. The number of aliphatic imine (C=N–C) groups is 1. The van der Waals surface area contributed by atoms with E-state index in [1.807, 2.05) is 0 Å². The van der Waals surface area contributed by atoms with E-state index >= 15 is 0 Å². The fraction of sp³-hybridized carbons (Fsp3) is 0.500. The van der Waals surface area contributed by atoms with Gasteiger partial charge in [0.25, 0.3) is 5.69 Å². The Balaban J connectivity index is 2.92. The Bertz CT molecular complexity index is 537. The van der Waals surface area contributed by atoms with Gasteiger partial charge in [0.15, 0.2) is 0 Å². The number of ether oxygens (including phenoxy) is 1. The summed E-state index contributed by atoms with van der Waals surface area (Å²) in [4.78, 5) is 14.6. The highest BCUT2D eigenvalue weighted by molar-refractivity contribution is 7.78. The van der Waals surface area contributed by atoms with Crippen LogP contribution in [0.25, 0.3) is 0 Å². The summed E-state index contributed by atoms with van der Waals surface area (Å²) in [5.74, 6) is 0. The molecule has 0 aliphatic rings. The van der Waals surface area contributed by atoms with Crippen molar-refractivity contribution >= 4 is 23.1 Å². The molecule has 114 valence electrons. The maximum Gasteiger partial charge on any atom is 0.275 e. The first kappa shape index (κ1) is 17.4. The molecule has 0 spiro atoms. The molecule has 21 heavy (non-hydrogen) atoms. The van der Waals surface area contributed by atoms with E-state index in [2.05, 4.69) is 43.5 Å². The average Bonchev–Trinajstić information content (AvgIpc) is 2.41. The van der Waals surface area contributed by atoms with Gasteiger partial charge in [-0.25, -0.2) is 4.99 Å². The monoisotopic (exact) mass is 310 g/mol. The highest BCUT2D eigenvalue weighted by Crippen LogP contribution is 2.27. The first-order valence-corrected chi connectivity index (χ1v) is 6.95. The minimum absolute atomic E-state index is 0.0346. The number of benzene rings is 1. The molecule has 1 rings (SSSR count). The molecule has 0 saturated carbocycles. The van der Waals surface area contributed by atoms with Crippen LogP contribution in [0.2, 0.25) is 0 Å². The van der Waals surface area contributed by atoms with Crippen molar-refractivity contribution in [1.82, 2.24) is 0 Å². The normalized spacial score (nSPS) is 12.5. The van der Waals surface area contributed by atoms with E-state index in [-0.39, 0.29) is 12.2 Å². The molecule has 0 aliphatic heterocycles. The topological polar surface area (TPSA) is 64.7 Å². The summed E-state index contributed by atoms with van der Waals surface area (Å²) >= 11 is 4.57. The second-order valence-electron chi connectivity index (χ2n) is 5.62.